The van der Waals surface area contributed by atoms with Crippen molar-refractivity contribution in [1.29, 1.82) is 5.41 Å². The van der Waals surface area contributed by atoms with Gasteiger partial charge in [-0.25, -0.2) is 9.78 Å². The number of hydrogen-bond acceptors (Lipinski definition) is 5. The lowest BCUT2D eigenvalue weighted by Crippen LogP contribution is -2.30. The predicted octanol–water partition coefficient (Wildman–Crippen LogP) is 1.10. The Labute approximate surface area is 130 Å². The molecule has 1 N–H and O–H groups in total. The van der Waals surface area contributed by atoms with E-state index in [1.165, 1.54) is 22.1 Å². The molecule has 7 nitrogen and oxygen atoms in total. The number of carbonyl (C=O) groups excluding carboxylic acids is 1. The molecular formula is C16H14N4O3. The average Bonchev–Trinajstić information content (AvgIpc) is 2.57. The molecule has 3 heterocycles. The van der Waals surface area contributed by atoms with Crippen molar-refractivity contribution in [3.05, 3.63) is 64.5 Å². The molecule has 3 aromatic heterocycles. The van der Waals surface area contributed by atoms with Gasteiger partial charge in [0.2, 0.25) is 0 Å². The summed E-state index contributed by atoms with van der Waals surface area (Å²) in [6.45, 7) is 3.90. The number of rotatable bonds is 3. The molecule has 7 heteroatoms. The number of methoxy groups -OCH3 is 1. The molecule has 3 rings (SSSR count). The van der Waals surface area contributed by atoms with Crippen molar-refractivity contribution >= 4 is 22.6 Å². The smallest absolute Gasteiger partial charge is 0.341 e. The molecule has 0 bridgehead atoms. The van der Waals surface area contributed by atoms with Crippen molar-refractivity contribution in [1.82, 2.24) is 14.0 Å². The maximum absolute atomic E-state index is 12.7. The second-order valence-electron chi connectivity index (χ2n) is 4.88. The molecule has 0 atom stereocenters. The van der Waals surface area contributed by atoms with E-state index in [4.69, 9.17) is 10.1 Å². The minimum atomic E-state index is -0.674. The van der Waals surface area contributed by atoms with Crippen LogP contribution in [0.4, 0.5) is 0 Å². The van der Waals surface area contributed by atoms with E-state index in [-0.39, 0.29) is 28.5 Å². The first-order valence-corrected chi connectivity index (χ1v) is 6.87. The molecule has 0 saturated heterocycles. The average molecular weight is 310 g/mol. The maximum Gasteiger partial charge on any atom is 0.341 e. The molecule has 0 fully saturated rings. The minimum Gasteiger partial charge on any atom is -0.465 e. The molecule has 0 aliphatic rings. The quantitative estimate of drug-likeness (QED) is 0.446. The first-order valence-electron chi connectivity index (χ1n) is 6.87. The molecule has 0 amide bonds. The van der Waals surface area contributed by atoms with Gasteiger partial charge in [-0.2, -0.15) is 0 Å². The van der Waals surface area contributed by atoms with Crippen LogP contribution in [0.2, 0.25) is 0 Å². The Morgan fingerprint density at radius 2 is 2.26 bits per heavy atom. The van der Waals surface area contributed by atoms with E-state index in [1.807, 2.05) is 0 Å². The maximum atomic E-state index is 12.7. The Kier molecular flexibility index (Phi) is 3.53. The fourth-order valence-electron chi connectivity index (χ4n) is 2.46. The van der Waals surface area contributed by atoms with Crippen molar-refractivity contribution < 1.29 is 9.53 Å². The van der Waals surface area contributed by atoms with E-state index < -0.39 is 5.97 Å². The van der Waals surface area contributed by atoms with Gasteiger partial charge >= 0.3 is 5.97 Å². The highest BCUT2D eigenvalue weighted by Gasteiger charge is 2.17. The summed E-state index contributed by atoms with van der Waals surface area (Å²) < 4.78 is 7.55. The number of nitrogens with one attached hydrogen (secondary N) is 1. The van der Waals surface area contributed by atoms with Gasteiger partial charge in [-0.15, -0.1) is 6.58 Å². The van der Waals surface area contributed by atoms with Gasteiger partial charge in [0.15, 0.2) is 0 Å². The molecule has 3 aromatic rings. The molecule has 0 radical (unpaired) electrons. The van der Waals surface area contributed by atoms with Gasteiger partial charge in [-0.3, -0.25) is 14.6 Å². The van der Waals surface area contributed by atoms with E-state index >= 15 is 0 Å². The van der Waals surface area contributed by atoms with E-state index in [2.05, 4.69) is 11.6 Å². The number of nitrogens with zero attached hydrogens (tertiary/aromatic N) is 3. The van der Waals surface area contributed by atoms with Crippen LogP contribution in [-0.4, -0.2) is 27.0 Å². The SMILES string of the molecule is C=CCn1c(=N)c(C(=O)OC)cc2c(=O)n3ccccc3nc21. The summed E-state index contributed by atoms with van der Waals surface area (Å²) in [5.41, 5.74) is 0.424. The Morgan fingerprint density at radius 3 is 2.96 bits per heavy atom. The lowest BCUT2D eigenvalue weighted by Gasteiger charge is -2.12. The van der Waals surface area contributed by atoms with Gasteiger partial charge in [0.05, 0.1) is 12.5 Å². The van der Waals surface area contributed by atoms with Crippen LogP contribution in [0.5, 0.6) is 0 Å². The van der Waals surface area contributed by atoms with Crippen LogP contribution in [-0.2, 0) is 11.3 Å². The van der Waals surface area contributed by atoms with Crippen molar-refractivity contribution in [3.8, 4) is 0 Å². The van der Waals surface area contributed by atoms with Crippen LogP contribution in [0, 0.1) is 5.41 Å². The third kappa shape index (κ3) is 2.22. The summed E-state index contributed by atoms with van der Waals surface area (Å²) in [5, 5.41) is 8.45. The molecule has 0 aliphatic carbocycles. The van der Waals surface area contributed by atoms with Crippen molar-refractivity contribution in [2.75, 3.05) is 7.11 Å². The van der Waals surface area contributed by atoms with Gasteiger partial charge in [-0.1, -0.05) is 12.1 Å². The zero-order chi connectivity index (χ0) is 16.6. The number of allylic oxidation sites excluding steroid dienone is 1. The molecule has 0 unspecified atom stereocenters. The zero-order valence-electron chi connectivity index (χ0n) is 12.4. The monoisotopic (exact) mass is 310 g/mol. The topological polar surface area (TPSA) is 89.5 Å². The molecule has 23 heavy (non-hydrogen) atoms. The third-order valence-electron chi connectivity index (χ3n) is 3.54. The summed E-state index contributed by atoms with van der Waals surface area (Å²) in [5.74, 6) is -0.674. The van der Waals surface area contributed by atoms with Crippen molar-refractivity contribution in [2.24, 2.45) is 0 Å². The second-order valence-corrected chi connectivity index (χ2v) is 4.88. The van der Waals surface area contributed by atoms with Gasteiger partial charge in [0, 0.05) is 12.7 Å². The predicted molar refractivity (Wildman–Crippen MR) is 84.3 cm³/mol. The standard InChI is InChI=1S/C16H14N4O3/c1-3-7-20-13(17)10(16(22)23-2)9-11-14(20)18-12-6-4-5-8-19(12)15(11)21/h3-6,8-9,17H,1,7H2,2H3. The molecule has 0 aliphatic heterocycles. The number of aromatic nitrogens is 3. The summed E-state index contributed by atoms with van der Waals surface area (Å²) in [6.07, 6.45) is 3.18. The highest BCUT2D eigenvalue weighted by Crippen LogP contribution is 2.10. The number of ether oxygens (including phenoxy) is 1. The number of fused-ring (bicyclic) bond motifs is 2. The summed E-state index contributed by atoms with van der Waals surface area (Å²) in [7, 11) is 1.23. The minimum absolute atomic E-state index is 0.0108. The van der Waals surface area contributed by atoms with Gasteiger partial charge < -0.3 is 9.30 Å². The summed E-state index contributed by atoms with van der Waals surface area (Å²) in [6, 6.07) is 6.56. The molecule has 0 saturated carbocycles. The van der Waals surface area contributed by atoms with Crippen molar-refractivity contribution in [3.63, 3.8) is 0 Å². The normalized spacial score (nSPS) is 10.8. The van der Waals surface area contributed by atoms with Crippen LogP contribution < -0.4 is 11.0 Å². The van der Waals surface area contributed by atoms with Crippen LogP contribution in [0.3, 0.4) is 0 Å². The molecule has 0 spiro atoms. The Bertz CT molecular complexity index is 1060. The summed E-state index contributed by atoms with van der Waals surface area (Å²) >= 11 is 0. The van der Waals surface area contributed by atoms with Gasteiger partial charge in [-0.05, 0) is 18.2 Å². The van der Waals surface area contributed by atoms with E-state index in [1.54, 1.807) is 30.5 Å². The van der Waals surface area contributed by atoms with Gasteiger partial charge in [0.25, 0.3) is 5.56 Å². The van der Waals surface area contributed by atoms with E-state index in [9.17, 15) is 9.59 Å². The van der Waals surface area contributed by atoms with E-state index in [0.29, 0.717) is 11.3 Å². The largest absolute Gasteiger partial charge is 0.465 e. The fraction of sp³-hybridized carbons (Fsp3) is 0.125. The first-order chi connectivity index (χ1) is 11.1. The van der Waals surface area contributed by atoms with Crippen molar-refractivity contribution in [2.45, 2.75) is 6.54 Å². The van der Waals surface area contributed by atoms with Crippen LogP contribution in [0.25, 0.3) is 16.7 Å². The van der Waals surface area contributed by atoms with E-state index in [0.717, 1.165) is 0 Å². The highest BCUT2D eigenvalue weighted by atomic mass is 16.5. The lowest BCUT2D eigenvalue weighted by atomic mass is 10.2. The fourth-order valence-corrected chi connectivity index (χ4v) is 2.46. The Morgan fingerprint density at radius 1 is 1.48 bits per heavy atom. The number of pyridine rings is 2. The molecule has 116 valence electrons. The summed E-state index contributed by atoms with van der Waals surface area (Å²) in [4.78, 5) is 29.0. The Balaban J connectivity index is 2.56. The number of carbonyl (C=O) groups is 1. The number of esters is 1. The van der Waals surface area contributed by atoms with Crippen LogP contribution in [0.15, 0.2) is 47.9 Å². The molecule has 0 aromatic carbocycles. The lowest BCUT2D eigenvalue weighted by molar-refractivity contribution is 0.0597. The third-order valence-corrected chi connectivity index (χ3v) is 3.54. The van der Waals surface area contributed by atoms with Crippen LogP contribution >= 0.6 is 0 Å². The first kappa shape index (κ1) is 14.7. The highest BCUT2D eigenvalue weighted by molar-refractivity contribution is 5.93. The molecular weight excluding hydrogens is 296 g/mol. The Hall–Kier alpha value is -3.22. The van der Waals surface area contributed by atoms with Crippen LogP contribution in [0.1, 0.15) is 10.4 Å². The second kappa shape index (κ2) is 5.53. The van der Waals surface area contributed by atoms with Gasteiger partial charge in [0.1, 0.15) is 22.3 Å². The number of hydrogen-bond donors (Lipinski definition) is 1. The zero-order valence-corrected chi connectivity index (χ0v) is 12.4.